The first-order valence-electron chi connectivity index (χ1n) is 5.49. The number of phenolic OH excluding ortho intramolecular Hbond substituents is 1. The Morgan fingerprint density at radius 3 is 2.28 bits per heavy atom. The lowest BCUT2D eigenvalue weighted by atomic mass is 10.1. The smallest absolute Gasteiger partial charge is 0.178 e. The van der Waals surface area contributed by atoms with Gasteiger partial charge >= 0.3 is 0 Å². The van der Waals surface area contributed by atoms with E-state index in [1.807, 2.05) is 0 Å². The molecule has 0 saturated heterocycles. The molecular weight excluding hydrogens is 230 g/mol. The molecule has 1 aliphatic carbocycles. The average Bonchev–Trinajstić information content (AvgIpc) is 2.35. The number of aromatic hydroxyl groups is 1. The minimum Gasteiger partial charge on any atom is -0.508 e. The molecule has 18 heavy (non-hydrogen) atoms. The van der Waals surface area contributed by atoms with Crippen LogP contribution in [-0.2, 0) is 11.3 Å². The number of ketones is 1. The maximum Gasteiger partial charge on any atom is 0.178 e. The van der Waals surface area contributed by atoms with Gasteiger partial charge in [0.1, 0.15) is 5.75 Å². The van der Waals surface area contributed by atoms with Crippen molar-refractivity contribution in [3.05, 3.63) is 65.9 Å². The summed E-state index contributed by atoms with van der Waals surface area (Å²) in [5, 5.41) is 19.9. The number of benzene rings is 1. The second-order valence-corrected chi connectivity index (χ2v) is 3.96. The Labute approximate surface area is 105 Å². The highest BCUT2D eigenvalue weighted by Gasteiger charge is 2.02. The fourth-order valence-corrected chi connectivity index (χ4v) is 1.56. The van der Waals surface area contributed by atoms with Crippen LogP contribution < -0.4 is 0 Å². The van der Waals surface area contributed by atoms with Gasteiger partial charge in [-0.25, -0.2) is 0 Å². The van der Waals surface area contributed by atoms with Crippen LogP contribution in [0.25, 0.3) is 0 Å². The molecule has 2 rings (SSSR count). The molecule has 0 aliphatic heterocycles. The molecule has 4 nitrogen and oxygen atoms in total. The highest BCUT2D eigenvalue weighted by atomic mass is 16.5. The molecule has 1 aliphatic rings. The van der Waals surface area contributed by atoms with Crippen LogP contribution in [0.15, 0.2) is 60.3 Å². The number of phenols is 1. The molecule has 2 N–H and O–H groups in total. The number of hydrogen-bond acceptors (Lipinski definition) is 4. The van der Waals surface area contributed by atoms with Crippen molar-refractivity contribution in [3.8, 4) is 5.75 Å². The van der Waals surface area contributed by atoms with Gasteiger partial charge < -0.3 is 5.11 Å². The van der Waals surface area contributed by atoms with E-state index >= 15 is 0 Å². The first kappa shape index (κ1) is 12.1. The van der Waals surface area contributed by atoms with Crippen LogP contribution in [0.4, 0.5) is 0 Å². The number of allylic oxidation sites excluding steroid dienone is 5. The number of rotatable bonds is 3. The van der Waals surface area contributed by atoms with Crippen LogP contribution in [-0.4, -0.2) is 21.2 Å². The highest BCUT2D eigenvalue weighted by molar-refractivity contribution is 6.01. The van der Waals surface area contributed by atoms with Crippen LogP contribution in [0.5, 0.6) is 5.75 Å². The van der Waals surface area contributed by atoms with Crippen LogP contribution in [0.3, 0.4) is 0 Å². The van der Waals surface area contributed by atoms with Gasteiger partial charge in [0, 0.05) is 6.20 Å². The SMILES string of the molecule is O=C1C=CC(=CN(O)Cc2ccc(O)cc2)C=C1. The van der Waals surface area contributed by atoms with Gasteiger partial charge in [-0.05, 0) is 47.6 Å². The first-order valence-corrected chi connectivity index (χ1v) is 5.49. The Morgan fingerprint density at radius 1 is 1.06 bits per heavy atom. The molecule has 4 heteroatoms. The van der Waals surface area contributed by atoms with Gasteiger partial charge in [-0.1, -0.05) is 12.1 Å². The quantitative estimate of drug-likeness (QED) is 0.799. The van der Waals surface area contributed by atoms with Gasteiger partial charge in [0.2, 0.25) is 0 Å². The molecule has 0 unspecified atom stereocenters. The molecule has 0 fully saturated rings. The molecule has 1 aromatic carbocycles. The zero-order valence-electron chi connectivity index (χ0n) is 9.65. The summed E-state index contributed by atoms with van der Waals surface area (Å²) in [4.78, 5) is 10.9. The standard InChI is InChI=1S/C14H13NO3/c16-13-5-1-11(2-6-13)9-15(18)10-12-3-7-14(17)8-4-12/h1-9,17-18H,10H2. The maximum absolute atomic E-state index is 10.9. The number of hydrogen-bond donors (Lipinski definition) is 2. The molecule has 0 spiro atoms. The fraction of sp³-hybridized carbons (Fsp3) is 0.0714. The van der Waals surface area contributed by atoms with Crippen molar-refractivity contribution < 1.29 is 15.1 Å². The lowest BCUT2D eigenvalue weighted by Crippen LogP contribution is -2.12. The lowest BCUT2D eigenvalue weighted by Gasteiger charge is -2.13. The summed E-state index contributed by atoms with van der Waals surface area (Å²) in [5.41, 5.74) is 1.61. The van der Waals surface area contributed by atoms with Crippen molar-refractivity contribution >= 4 is 5.78 Å². The van der Waals surface area contributed by atoms with E-state index in [-0.39, 0.29) is 11.5 Å². The van der Waals surface area contributed by atoms with E-state index in [2.05, 4.69) is 0 Å². The summed E-state index contributed by atoms with van der Waals surface area (Å²) in [6.45, 7) is 0.305. The number of nitrogens with zero attached hydrogens (tertiary/aromatic N) is 1. The van der Waals surface area contributed by atoms with Crippen LogP contribution in [0.1, 0.15) is 5.56 Å². The molecule has 0 aromatic heterocycles. The largest absolute Gasteiger partial charge is 0.508 e. The third-order valence-corrected chi connectivity index (χ3v) is 2.46. The van der Waals surface area contributed by atoms with Gasteiger partial charge in [0.05, 0.1) is 6.54 Å². The zero-order chi connectivity index (χ0) is 13.0. The zero-order valence-corrected chi connectivity index (χ0v) is 9.65. The minimum atomic E-state index is -0.0600. The second kappa shape index (κ2) is 5.33. The minimum absolute atomic E-state index is 0.0600. The van der Waals surface area contributed by atoms with E-state index in [1.165, 1.54) is 18.4 Å². The van der Waals surface area contributed by atoms with Crippen molar-refractivity contribution in [1.29, 1.82) is 0 Å². The molecule has 0 bridgehead atoms. The Kier molecular flexibility index (Phi) is 3.60. The van der Waals surface area contributed by atoms with E-state index in [1.54, 1.807) is 36.4 Å². The van der Waals surface area contributed by atoms with Crippen molar-refractivity contribution in [3.63, 3.8) is 0 Å². The summed E-state index contributed by atoms with van der Waals surface area (Å²) in [7, 11) is 0. The Morgan fingerprint density at radius 2 is 1.67 bits per heavy atom. The molecule has 0 heterocycles. The Hall–Kier alpha value is -2.33. The maximum atomic E-state index is 10.9. The fourth-order valence-electron chi connectivity index (χ4n) is 1.56. The Bertz CT molecular complexity index is 508. The van der Waals surface area contributed by atoms with Crippen LogP contribution in [0, 0.1) is 0 Å². The molecule has 0 amide bonds. The molecule has 0 saturated carbocycles. The van der Waals surface area contributed by atoms with E-state index in [9.17, 15) is 10.0 Å². The van der Waals surface area contributed by atoms with Crippen molar-refractivity contribution in [2.45, 2.75) is 6.54 Å². The van der Waals surface area contributed by atoms with Crippen LogP contribution in [0.2, 0.25) is 0 Å². The summed E-state index contributed by atoms with van der Waals surface area (Å²) in [5.74, 6) is 0.133. The van der Waals surface area contributed by atoms with E-state index in [4.69, 9.17) is 5.11 Å². The topological polar surface area (TPSA) is 60.8 Å². The van der Waals surface area contributed by atoms with Gasteiger partial charge in [-0.15, -0.1) is 0 Å². The molecule has 1 aromatic rings. The number of hydroxylamine groups is 2. The monoisotopic (exact) mass is 243 g/mol. The number of carbonyl (C=O) groups is 1. The average molecular weight is 243 g/mol. The normalized spacial score (nSPS) is 13.8. The van der Waals surface area contributed by atoms with E-state index in [0.717, 1.165) is 16.2 Å². The van der Waals surface area contributed by atoms with E-state index in [0.29, 0.717) is 6.54 Å². The highest BCUT2D eigenvalue weighted by Crippen LogP contribution is 2.12. The van der Waals surface area contributed by atoms with Crippen LogP contribution >= 0.6 is 0 Å². The molecular formula is C14H13NO3. The Balaban J connectivity index is 2.00. The molecule has 0 radical (unpaired) electrons. The van der Waals surface area contributed by atoms with Gasteiger partial charge in [-0.2, -0.15) is 0 Å². The summed E-state index contributed by atoms with van der Waals surface area (Å²) < 4.78 is 0. The van der Waals surface area contributed by atoms with Crippen molar-refractivity contribution in [2.75, 3.05) is 0 Å². The van der Waals surface area contributed by atoms with Gasteiger partial charge in [0.25, 0.3) is 0 Å². The predicted molar refractivity (Wildman–Crippen MR) is 66.8 cm³/mol. The third-order valence-electron chi connectivity index (χ3n) is 2.46. The first-order chi connectivity index (χ1) is 8.63. The summed E-state index contributed by atoms with van der Waals surface area (Å²) in [6, 6.07) is 6.59. The van der Waals surface area contributed by atoms with E-state index < -0.39 is 0 Å². The second-order valence-electron chi connectivity index (χ2n) is 3.96. The van der Waals surface area contributed by atoms with Crippen molar-refractivity contribution in [2.24, 2.45) is 0 Å². The van der Waals surface area contributed by atoms with Gasteiger partial charge in [-0.3, -0.25) is 15.1 Å². The molecule has 0 atom stereocenters. The summed E-state index contributed by atoms with van der Waals surface area (Å²) in [6.07, 6.45) is 7.71. The lowest BCUT2D eigenvalue weighted by molar-refractivity contribution is -0.110. The third kappa shape index (κ3) is 3.33. The number of carbonyl (C=O) groups excluding carboxylic acids is 1. The summed E-state index contributed by atoms with van der Waals surface area (Å²) >= 11 is 0. The molecule has 92 valence electrons. The van der Waals surface area contributed by atoms with Gasteiger partial charge in [0.15, 0.2) is 5.78 Å². The van der Waals surface area contributed by atoms with Crippen molar-refractivity contribution in [1.82, 2.24) is 5.06 Å². The predicted octanol–water partition coefficient (Wildman–Crippen LogP) is 2.16.